The van der Waals surface area contributed by atoms with Gasteiger partial charge in [0.1, 0.15) is 11.3 Å². The summed E-state index contributed by atoms with van der Waals surface area (Å²) in [6.45, 7) is 11.9. The van der Waals surface area contributed by atoms with Gasteiger partial charge in [-0.15, -0.1) is 12.4 Å². The second-order valence-corrected chi connectivity index (χ2v) is 7.88. The fourth-order valence-electron chi connectivity index (χ4n) is 3.17. The third-order valence-corrected chi connectivity index (χ3v) is 5.17. The van der Waals surface area contributed by atoms with Gasteiger partial charge in [0.25, 0.3) is 0 Å². The van der Waals surface area contributed by atoms with Crippen LogP contribution in [0.5, 0.6) is 5.75 Å². The standard InChI is InChI=1S/C20H32N2O3.ClH/c1-6-24-17-11-20(21,19(17,4)5)18(23)22-12-15-8-7-9-16(10-15)25-13-14(2)3;/h7-10,14,17H,6,11-13,21H2,1-5H3,(H,22,23);1H. The van der Waals surface area contributed by atoms with Crippen molar-refractivity contribution in [3.05, 3.63) is 29.8 Å². The van der Waals surface area contributed by atoms with Crippen molar-refractivity contribution in [1.82, 2.24) is 5.32 Å². The highest BCUT2D eigenvalue weighted by Crippen LogP contribution is 2.49. The molecule has 1 saturated carbocycles. The number of ether oxygens (including phenoxy) is 2. The summed E-state index contributed by atoms with van der Waals surface area (Å²) in [7, 11) is 0. The summed E-state index contributed by atoms with van der Waals surface area (Å²) < 4.78 is 11.4. The second-order valence-electron chi connectivity index (χ2n) is 7.88. The van der Waals surface area contributed by atoms with Crippen molar-refractivity contribution in [1.29, 1.82) is 0 Å². The number of carbonyl (C=O) groups is 1. The summed E-state index contributed by atoms with van der Waals surface area (Å²) in [6.07, 6.45) is 0.582. The first-order valence-corrected chi connectivity index (χ1v) is 9.11. The van der Waals surface area contributed by atoms with E-state index in [1.54, 1.807) is 0 Å². The lowest BCUT2D eigenvalue weighted by molar-refractivity contribution is -0.170. The van der Waals surface area contributed by atoms with E-state index in [4.69, 9.17) is 15.2 Å². The van der Waals surface area contributed by atoms with Crippen LogP contribution in [-0.4, -0.2) is 30.8 Å². The largest absolute Gasteiger partial charge is 0.493 e. The van der Waals surface area contributed by atoms with Crippen molar-refractivity contribution in [2.75, 3.05) is 13.2 Å². The van der Waals surface area contributed by atoms with E-state index in [1.807, 2.05) is 45.0 Å². The first-order valence-electron chi connectivity index (χ1n) is 9.11. The molecule has 0 bridgehead atoms. The number of nitrogens with two attached hydrogens (primary N) is 1. The van der Waals surface area contributed by atoms with Gasteiger partial charge in [0.15, 0.2) is 0 Å². The Kier molecular flexibility index (Phi) is 7.93. The lowest BCUT2D eigenvalue weighted by Crippen LogP contribution is -2.75. The Hall–Kier alpha value is -1.30. The molecule has 1 aromatic carbocycles. The third kappa shape index (κ3) is 4.70. The SMILES string of the molecule is CCOC1CC(N)(C(=O)NCc2cccc(OCC(C)C)c2)C1(C)C.Cl. The van der Waals surface area contributed by atoms with Crippen molar-refractivity contribution in [2.45, 2.75) is 59.2 Å². The fraction of sp³-hybridized carbons (Fsp3) is 0.650. The zero-order chi connectivity index (χ0) is 18.7. The van der Waals surface area contributed by atoms with Crippen LogP contribution in [0.15, 0.2) is 24.3 Å². The van der Waals surface area contributed by atoms with Gasteiger partial charge < -0.3 is 20.5 Å². The predicted molar refractivity (Wildman–Crippen MR) is 107 cm³/mol. The van der Waals surface area contributed by atoms with Crippen LogP contribution in [-0.2, 0) is 16.1 Å². The lowest BCUT2D eigenvalue weighted by Gasteiger charge is -2.57. The van der Waals surface area contributed by atoms with E-state index in [-0.39, 0.29) is 29.8 Å². The zero-order valence-corrected chi connectivity index (χ0v) is 17.3. The molecule has 0 saturated heterocycles. The van der Waals surface area contributed by atoms with Crippen LogP contribution in [0.25, 0.3) is 0 Å². The summed E-state index contributed by atoms with van der Waals surface area (Å²) in [5, 5.41) is 2.98. The van der Waals surface area contributed by atoms with Gasteiger partial charge in [0.2, 0.25) is 5.91 Å². The quantitative estimate of drug-likeness (QED) is 0.721. The highest BCUT2D eigenvalue weighted by atomic mass is 35.5. The molecule has 2 atom stereocenters. The summed E-state index contributed by atoms with van der Waals surface area (Å²) in [5.74, 6) is 1.17. The molecule has 148 valence electrons. The molecule has 5 nitrogen and oxygen atoms in total. The number of rotatable bonds is 8. The van der Waals surface area contributed by atoms with Crippen molar-refractivity contribution in [3.63, 3.8) is 0 Å². The maximum atomic E-state index is 12.7. The molecule has 26 heavy (non-hydrogen) atoms. The monoisotopic (exact) mass is 384 g/mol. The van der Waals surface area contributed by atoms with Gasteiger partial charge in [0.05, 0.1) is 12.7 Å². The van der Waals surface area contributed by atoms with Gasteiger partial charge in [-0.1, -0.05) is 39.8 Å². The summed E-state index contributed by atoms with van der Waals surface area (Å²) in [4.78, 5) is 12.7. The summed E-state index contributed by atoms with van der Waals surface area (Å²) >= 11 is 0. The maximum Gasteiger partial charge on any atom is 0.241 e. The van der Waals surface area contributed by atoms with Crippen LogP contribution >= 0.6 is 12.4 Å². The van der Waals surface area contributed by atoms with Gasteiger partial charge >= 0.3 is 0 Å². The van der Waals surface area contributed by atoms with Crippen LogP contribution < -0.4 is 15.8 Å². The minimum atomic E-state index is -0.890. The smallest absolute Gasteiger partial charge is 0.241 e. The topological polar surface area (TPSA) is 73.6 Å². The average molecular weight is 385 g/mol. The Bertz CT molecular complexity index is 606. The fourth-order valence-corrected chi connectivity index (χ4v) is 3.17. The van der Waals surface area contributed by atoms with Crippen molar-refractivity contribution >= 4 is 18.3 Å². The molecule has 1 aliphatic carbocycles. The molecule has 0 radical (unpaired) electrons. The number of amides is 1. The molecular formula is C20H33ClN2O3. The number of nitrogens with one attached hydrogen (secondary N) is 1. The van der Waals surface area contributed by atoms with E-state index >= 15 is 0 Å². The zero-order valence-electron chi connectivity index (χ0n) is 16.5. The minimum absolute atomic E-state index is 0. The maximum absolute atomic E-state index is 12.7. The van der Waals surface area contributed by atoms with Gasteiger partial charge in [-0.25, -0.2) is 0 Å². The Morgan fingerprint density at radius 2 is 2.08 bits per heavy atom. The molecule has 2 unspecified atom stereocenters. The molecule has 1 aromatic rings. The lowest BCUT2D eigenvalue weighted by atomic mass is 9.54. The highest BCUT2D eigenvalue weighted by molar-refractivity contribution is 5.88. The molecule has 6 heteroatoms. The highest BCUT2D eigenvalue weighted by Gasteiger charge is 2.62. The number of carbonyl (C=O) groups excluding carboxylic acids is 1. The van der Waals surface area contributed by atoms with Gasteiger partial charge in [-0.05, 0) is 30.5 Å². The Labute approximate surface area is 163 Å². The van der Waals surface area contributed by atoms with Crippen LogP contribution in [0.3, 0.4) is 0 Å². The number of hydrogen-bond acceptors (Lipinski definition) is 4. The molecule has 0 aromatic heterocycles. The van der Waals surface area contributed by atoms with Crippen molar-refractivity contribution in [3.8, 4) is 5.75 Å². The first-order chi connectivity index (χ1) is 11.7. The molecule has 0 aliphatic heterocycles. The molecule has 1 amide bonds. The predicted octanol–water partition coefficient (Wildman–Crippen LogP) is 3.29. The van der Waals surface area contributed by atoms with E-state index in [1.165, 1.54) is 0 Å². The molecule has 1 aliphatic rings. The molecule has 0 spiro atoms. The van der Waals surface area contributed by atoms with Crippen LogP contribution in [0.4, 0.5) is 0 Å². The van der Waals surface area contributed by atoms with E-state index in [0.29, 0.717) is 32.1 Å². The van der Waals surface area contributed by atoms with E-state index in [0.717, 1.165) is 11.3 Å². The molecule has 2 rings (SSSR count). The van der Waals surface area contributed by atoms with Crippen LogP contribution in [0.1, 0.15) is 46.6 Å². The Morgan fingerprint density at radius 3 is 2.65 bits per heavy atom. The third-order valence-electron chi connectivity index (χ3n) is 5.17. The van der Waals surface area contributed by atoms with Crippen molar-refractivity contribution < 1.29 is 14.3 Å². The van der Waals surface area contributed by atoms with E-state index < -0.39 is 5.54 Å². The Balaban J connectivity index is 0.00000338. The molecule has 1 fully saturated rings. The average Bonchev–Trinajstić information content (AvgIpc) is 2.57. The van der Waals surface area contributed by atoms with Crippen LogP contribution in [0.2, 0.25) is 0 Å². The number of halogens is 1. The van der Waals surface area contributed by atoms with Gasteiger partial charge in [0, 0.05) is 25.0 Å². The van der Waals surface area contributed by atoms with Crippen molar-refractivity contribution in [2.24, 2.45) is 17.1 Å². The normalized spacial score (nSPS) is 23.7. The second kappa shape index (κ2) is 9.07. The summed E-state index contributed by atoms with van der Waals surface area (Å²) in [6, 6.07) is 7.80. The van der Waals surface area contributed by atoms with Crippen LogP contribution in [0, 0.1) is 11.3 Å². The summed E-state index contributed by atoms with van der Waals surface area (Å²) in [5.41, 5.74) is 6.13. The van der Waals surface area contributed by atoms with E-state index in [9.17, 15) is 4.79 Å². The molecule has 3 N–H and O–H groups in total. The molecule has 0 heterocycles. The number of benzene rings is 1. The minimum Gasteiger partial charge on any atom is -0.493 e. The molecular weight excluding hydrogens is 352 g/mol. The Morgan fingerprint density at radius 1 is 1.38 bits per heavy atom. The van der Waals surface area contributed by atoms with Gasteiger partial charge in [-0.3, -0.25) is 4.79 Å². The number of hydrogen-bond donors (Lipinski definition) is 2. The van der Waals surface area contributed by atoms with E-state index in [2.05, 4.69) is 19.2 Å². The first kappa shape index (κ1) is 22.7. The van der Waals surface area contributed by atoms with Gasteiger partial charge in [-0.2, -0.15) is 0 Å².